The molecule has 3 aromatic rings. The monoisotopic (exact) mass is 342 g/mol. The number of nitrogens with one attached hydrogen (secondary N) is 2. The zero-order chi connectivity index (χ0) is 16.7. The summed E-state index contributed by atoms with van der Waals surface area (Å²) in [5, 5.41) is 3.60. The number of hydrogen-bond acceptors (Lipinski definition) is 3. The van der Waals surface area contributed by atoms with Gasteiger partial charge in [0.1, 0.15) is 0 Å². The van der Waals surface area contributed by atoms with Gasteiger partial charge in [-0.2, -0.15) is 0 Å². The van der Waals surface area contributed by atoms with Crippen LogP contribution in [0, 0.1) is 5.92 Å². The molecule has 0 radical (unpaired) electrons. The van der Waals surface area contributed by atoms with E-state index < -0.39 is 5.76 Å². The number of amides is 1. The van der Waals surface area contributed by atoms with Crippen LogP contribution in [0.25, 0.3) is 11.1 Å². The molecule has 24 heavy (non-hydrogen) atoms. The molecule has 1 saturated carbocycles. The molecule has 0 bridgehead atoms. The molecule has 1 aliphatic rings. The van der Waals surface area contributed by atoms with Crippen molar-refractivity contribution in [3.05, 3.63) is 63.6 Å². The van der Waals surface area contributed by atoms with Crippen molar-refractivity contribution >= 4 is 34.3 Å². The van der Waals surface area contributed by atoms with E-state index in [1.165, 1.54) is 0 Å². The Hall–Kier alpha value is -2.53. The van der Waals surface area contributed by atoms with E-state index in [1.807, 2.05) is 24.3 Å². The molecule has 1 heterocycles. The standard InChI is InChI=1S/C18H15ClN2O3/c19-12-5-3-11(4-6-12)16(10-1-2-10)17(22)20-13-7-8-15-14(9-13)21-18(23)24-15/h3-10,16H,1-2H2,(H,20,22)(H,21,23). The highest BCUT2D eigenvalue weighted by Crippen LogP contribution is 2.43. The molecule has 0 saturated heterocycles. The molecule has 0 aliphatic heterocycles. The number of rotatable bonds is 4. The summed E-state index contributed by atoms with van der Waals surface area (Å²) in [5.41, 5.74) is 2.63. The summed E-state index contributed by atoms with van der Waals surface area (Å²) in [5.74, 6) is -0.388. The number of hydrogen-bond donors (Lipinski definition) is 2. The fraction of sp³-hybridized carbons (Fsp3) is 0.222. The molecular weight excluding hydrogens is 328 g/mol. The van der Waals surface area contributed by atoms with E-state index in [4.69, 9.17) is 16.0 Å². The average Bonchev–Trinajstić information content (AvgIpc) is 3.30. The van der Waals surface area contributed by atoms with Gasteiger partial charge in [-0.3, -0.25) is 9.78 Å². The van der Waals surface area contributed by atoms with Crippen molar-refractivity contribution in [1.29, 1.82) is 0 Å². The maximum atomic E-state index is 12.8. The topological polar surface area (TPSA) is 75.1 Å². The number of anilines is 1. The Bertz CT molecular complexity index is 954. The maximum Gasteiger partial charge on any atom is 0.417 e. The van der Waals surface area contributed by atoms with Gasteiger partial charge in [-0.25, -0.2) is 4.79 Å². The Morgan fingerprint density at radius 1 is 1.21 bits per heavy atom. The predicted molar refractivity (Wildman–Crippen MR) is 92.4 cm³/mol. The Labute approximate surface area is 142 Å². The summed E-state index contributed by atoms with van der Waals surface area (Å²) in [6, 6.07) is 12.5. The summed E-state index contributed by atoms with van der Waals surface area (Å²) in [6.45, 7) is 0. The maximum absolute atomic E-state index is 12.8. The van der Waals surface area contributed by atoms with Crippen LogP contribution in [0.5, 0.6) is 0 Å². The molecule has 1 fully saturated rings. The van der Waals surface area contributed by atoms with Gasteiger partial charge in [0.15, 0.2) is 5.58 Å². The lowest BCUT2D eigenvalue weighted by Gasteiger charge is -2.17. The first-order valence-electron chi connectivity index (χ1n) is 7.79. The first-order chi connectivity index (χ1) is 11.6. The van der Waals surface area contributed by atoms with Crippen LogP contribution in [0.1, 0.15) is 24.3 Å². The molecule has 2 aromatic carbocycles. The molecule has 6 heteroatoms. The Morgan fingerprint density at radius 2 is 1.96 bits per heavy atom. The first-order valence-corrected chi connectivity index (χ1v) is 8.17. The number of benzene rings is 2. The van der Waals surface area contributed by atoms with Crippen molar-refractivity contribution in [2.24, 2.45) is 5.92 Å². The largest absolute Gasteiger partial charge is 0.417 e. The number of aromatic nitrogens is 1. The van der Waals surface area contributed by atoms with Crippen LogP contribution in [-0.4, -0.2) is 10.9 Å². The van der Waals surface area contributed by atoms with E-state index in [2.05, 4.69) is 10.3 Å². The van der Waals surface area contributed by atoms with Crippen LogP contribution < -0.4 is 11.1 Å². The number of oxazole rings is 1. The van der Waals surface area contributed by atoms with Crippen molar-refractivity contribution in [3.63, 3.8) is 0 Å². The Morgan fingerprint density at radius 3 is 2.67 bits per heavy atom. The average molecular weight is 343 g/mol. The van der Waals surface area contributed by atoms with Gasteiger partial charge in [0.2, 0.25) is 5.91 Å². The van der Waals surface area contributed by atoms with Crippen LogP contribution >= 0.6 is 11.6 Å². The summed E-state index contributed by atoms with van der Waals surface area (Å²) >= 11 is 5.94. The van der Waals surface area contributed by atoms with Gasteiger partial charge in [-0.05, 0) is 54.7 Å². The van der Waals surface area contributed by atoms with Crippen LogP contribution in [0.3, 0.4) is 0 Å². The molecule has 122 valence electrons. The lowest BCUT2D eigenvalue weighted by atomic mass is 9.93. The molecule has 1 atom stereocenters. The minimum Gasteiger partial charge on any atom is -0.408 e. The van der Waals surface area contributed by atoms with Crippen molar-refractivity contribution in [1.82, 2.24) is 4.98 Å². The molecule has 0 spiro atoms. The number of fused-ring (bicyclic) bond motifs is 1. The lowest BCUT2D eigenvalue weighted by molar-refractivity contribution is -0.118. The van der Waals surface area contributed by atoms with Crippen LogP contribution in [0.4, 0.5) is 5.69 Å². The molecule has 1 aliphatic carbocycles. The summed E-state index contributed by atoms with van der Waals surface area (Å²) in [7, 11) is 0. The quantitative estimate of drug-likeness (QED) is 0.754. The van der Waals surface area contributed by atoms with Crippen molar-refractivity contribution in [2.75, 3.05) is 5.32 Å². The SMILES string of the molecule is O=C(Nc1ccc2oc(=O)[nH]c2c1)C(c1ccc(Cl)cc1)C1CC1. The van der Waals surface area contributed by atoms with E-state index in [0.29, 0.717) is 27.7 Å². The van der Waals surface area contributed by atoms with E-state index >= 15 is 0 Å². The summed E-state index contributed by atoms with van der Waals surface area (Å²) < 4.78 is 4.97. The Kier molecular flexibility index (Phi) is 3.65. The van der Waals surface area contributed by atoms with E-state index in [0.717, 1.165) is 18.4 Å². The van der Waals surface area contributed by atoms with Crippen LogP contribution in [0.2, 0.25) is 5.02 Å². The highest BCUT2D eigenvalue weighted by molar-refractivity contribution is 6.30. The predicted octanol–water partition coefficient (Wildman–Crippen LogP) is 3.91. The highest BCUT2D eigenvalue weighted by Gasteiger charge is 2.37. The van der Waals surface area contributed by atoms with E-state index in [9.17, 15) is 9.59 Å². The highest BCUT2D eigenvalue weighted by atomic mass is 35.5. The van der Waals surface area contributed by atoms with Crippen LogP contribution in [-0.2, 0) is 4.79 Å². The van der Waals surface area contributed by atoms with Crippen molar-refractivity contribution in [3.8, 4) is 0 Å². The molecular formula is C18H15ClN2O3. The van der Waals surface area contributed by atoms with Crippen molar-refractivity contribution in [2.45, 2.75) is 18.8 Å². The second kappa shape index (κ2) is 5.83. The number of aromatic amines is 1. The lowest BCUT2D eigenvalue weighted by Crippen LogP contribution is -2.22. The number of H-pyrrole nitrogens is 1. The Balaban J connectivity index is 1.60. The minimum atomic E-state index is -0.509. The van der Waals surface area contributed by atoms with Gasteiger partial charge in [0.05, 0.1) is 11.4 Å². The van der Waals surface area contributed by atoms with Gasteiger partial charge in [-0.1, -0.05) is 23.7 Å². The number of halogens is 1. The molecule has 1 unspecified atom stereocenters. The molecule has 4 rings (SSSR count). The third-order valence-corrected chi connectivity index (χ3v) is 4.54. The van der Waals surface area contributed by atoms with Gasteiger partial charge < -0.3 is 9.73 Å². The second-order valence-corrected chi connectivity index (χ2v) is 6.52. The third-order valence-electron chi connectivity index (χ3n) is 4.29. The van der Waals surface area contributed by atoms with Gasteiger partial charge in [-0.15, -0.1) is 0 Å². The minimum absolute atomic E-state index is 0.0509. The van der Waals surface area contributed by atoms with Gasteiger partial charge in [0.25, 0.3) is 0 Å². The fourth-order valence-corrected chi connectivity index (χ4v) is 3.11. The van der Waals surface area contributed by atoms with Crippen molar-refractivity contribution < 1.29 is 9.21 Å². The third kappa shape index (κ3) is 2.95. The molecule has 1 amide bonds. The van der Waals surface area contributed by atoms with E-state index in [1.54, 1.807) is 18.2 Å². The zero-order valence-electron chi connectivity index (χ0n) is 12.7. The summed E-state index contributed by atoms with van der Waals surface area (Å²) in [4.78, 5) is 26.6. The zero-order valence-corrected chi connectivity index (χ0v) is 13.5. The normalized spacial score (nSPS) is 15.4. The number of carbonyl (C=O) groups is 1. The molecule has 2 N–H and O–H groups in total. The van der Waals surface area contributed by atoms with E-state index in [-0.39, 0.29) is 11.8 Å². The van der Waals surface area contributed by atoms with Gasteiger partial charge in [0, 0.05) is 10.7 Å². The smallest absolute Gasteiger partial charge is 0.408 e. The fourth-order valence-electron chi connectivity index (χ4n) is 2.99. The van der Waals surface area contributed by atoms with Gasteiger partial charge >= 0.3 is 5.76 Å². The number of carbonyl (C=O) groups excluding carboxylic acids is 1. The molecule has 5 nitrogen and oxygen atoms in total. The summed E-state index contributed by atoms with van der Waals surface area (Å²) in [6.07, 6.45) is 2.10. The first kappa shape index (κ1) is 15.0. The second-order valence-electron chi connectivity index (χ2n) is 6.08. The van der Waals surface area contributed by atoms with Crippen LogP contribution in [0.15, 0.2) is 51.7 Å². The molecule has 1 aromatic heterocycles.